The average molecular weight is 403 g/mol. The Morgan fingerprint density at radius 3 is 2.57 bits per heavy atom. The first-order chi connectivity index (χ1) is 13.3. The Morgan fingerprint density at radius 2 is 1.93 bits per heavy atom. The quantitative estimate of drug-likeness (QED) is 0.728. The van der Waals surface area contributed by atoms with E-state index in [4.69, 9.17) is 16.3 Å². The molecule has 6 heteroatoms. The smallest absolute Gasteiger partial charge is 0.261 e. The van der Waals surface area contributed by atoms with Crippen molar-refractivity contribution in [3.8, 4) is 5.75 Å². The lowest BCUT2D eigenvalue weighted by Gasteiger charge is -2.28. The van der Waals surface area contributed by atoms with Crippen molar-refractivity contribution in [1.82, 2.24) is 10.2 Å². The number of halogens is 1. The Kier molecular flexibility index (Phi) is 7.88. The second-order valence-corrected chi connectivity index (χ2v) is 7.19. The van der Waals surface area contributed by atoms with Crippen molar-refractivity contribution in [2.75, 3.05) is 13.2 Å². The Labute approximate surface area is 171 Å². The van der Waals surface area contributed by atoms with E-state index < -0.39 is 6.04 Å². The van der Waals surface area contributed by atoms with E-state index in [9.17, 15) is 9.59 Å². The van der Waals surface area contributed by atoms with Crippen LogP contribution in [0.4, 0.5) is 0 Å². The van der Waals surface area contributed by atoms with Gasteiger partial charge in [-0.1, -0.05) is 41.4 Å². The molecule has 0 aliphatic carbocycles. The Hall–Kier alpha value is -2.53. The van der Waals surface area contributed by atoms with Crippen LogP contribution in [0, 0.1) is 13.8 Å². The Bertz CT molecular complexity index is 838. The highest BCUT2D eigenvalue weighted by molar-refractivity contribution is 6.31. The number of carbonyl (C=O) groups is 2. The van der Waals surface area contributed by atoms with E-state index in [2.05, 4.69) is 5.32 Å². The van der Waals surface area contributed by atoms with E-state index in [0.29, 0.717) is 23.9 Å². The van der Waals surface area contributed by atoms with Gasteiger partial charge >= 0.3 is 0 Å². The highest BCUT2D eigenvalue weighted by Gasteiger charge is 2.26. The minimum absolute atomic E-state index is 0.156. The summed E-state index contributed by atoms with van der Waals surface area (Å²) >= 11 is 6.03. The number of nitrogens with zero attached hydrogens (tertiary/aromatic N) is 1. The van der Waals surface area contributed by atoms with E-state index in [1.807, 2.05) is 45.0 Å². The first kappa shape index (κ1) is 21.8. The number of likely N-dealkylation sites (N-methyl/N-ethyl adjacent to an activating group) is 1. The van der Waals surface area contributed by atoms with Gasteiger partial charge < -0.3 is 15.0 Å². The molecule has 2 aromatic carbocycles. The molecule has 0 fully saturated rings. The van der Waals surface area contributed by atoms with Crippen molar-refractivity contribution in [1.29, 1.82) is 0 Å². The van der Waals surface area contributed by atoms with Gasteiger partial charge in [-0.05, 0) is 57.0 Å². The molecule has 0 aliphatic rings. The molecule has 0 saturated heterocycles. The molecule has 150 valence electrons. The number of rotatable bonds is 8. The Balaban J connectivity index is 2.15. The number of amides is 2. The molecular weight excluding hydrogens is 376 g/mol. The normalized spacial score (nSPS) is 11.6. The summed E-state index contributed by atoms with van der Waals surface area (Å²) in [5, 5.41) is 3.42. The third kappa shape index (κ3) is 5.99. The van der Waals surface area contributed by atoms with Gasteiger partial charge in [0.25, 0.3) is 5.91 Å². The van der Waals surface area contributed by atoms with Gasteiger partial charge in [-0.2, -0.15) is 0 Å². The summed E-state index contributed by atoms with van der Waals surface area (Å²) in [6.45, 7) is 8.14. The number of carbonyl (C=O) groups excluding carboxylic acids is 2. The summed E-state index contributed by atoms with van der Waals surface area (Å²) < 4.78 is 5.65. The molecule has 2 amide bonds. The molecule has 1 atom stereocenters. The predicted octanol–water partition coefficient (Wildman–Crippen LogP) is 3.89. The van der Waals surface area contributed by atoms with Crippen LogP contribution in [-0.2, 0) is 16.1 Å². The standard InChI is InChI=1S/C22H27ClN2O3/c1-5-24-22(27)17(4)25(13-18-8-6-7-15(2)11-18)21(26)14-28-19-9-10-20(23)16(3)12-19/h6-12,17H,5,13-14H2,1-4H3,(H,24,27)/t17-/m0/s1. The molecule has 0 radical (unpaired) electrons. The molecule has 2 rings (SSSR count). The minimum Gasteiger partial charge on any atom is -0.484 e. The number of hydrogen-bond acceptors (Lipinski definition) is 3. The van der Waals surface area contributed by atoms with Crippen molar-refractivity contribution in [2.24, 2.45) is 0 Å². The van der Waals surface area contributed by atoms with Crippen LogP contribution < -0.4 is 10.1 Å². The van der Waals surface area contributed by atoms with E-state index in [0.717, 1.165) is 16.7 Å². The molecule has 0 saturated carbocycles. The molecular formula is C22H27ClN2O3. The SMILES string of the molecule is CCNC(=O)[C@H](C)N(Cc1cccc(C)c1)C(=O)COc1ccc(Cl)c(C)c1. The van der Waals surface area contributed by atoms with E-state index >= 15 is 0 Å². The van der Waals surface area contributed by atoms with Gasteiger partial charge in [0.05, 0.1) is 0 Å². The summed E-state index contributed by atoms with van der Waals surface area (Å²) in [5.41, 5.74) is 2.94. The zero-order valence-corrected chi connectivity index (χ0v) is 17.5. The molecule has 0 spiro atoms. The molecule has 0 heterocycles. The second-order valence-electron chi connectivity index (χ2n) is 6.78. The molecule has 5 nitrogen and oxygen atoms in total. The van der Waals surface area contributed by atoms with Gasteiger partial charge in [0.1, 0.15) is 11.8 Å². The fraction of sp³-hybridized carbons (Fsp3) is 0.364. The average Bonchev–Trinajstić information content (AvgIpc) is 2.66. The van der Waals surface area contributed by atoms with Crippen LogP contribution in [-0.4, -0.2) is 35.9 Å². The predicted molar refractivity (Wildman–Crippen MR) is 112 cm³/mol. The number of nitrogens with one attached hydrogen (secondary N) is 1. The van der Waals surface area contributed by atoms with E-state index in [-0.39, 0.29) is 18.4 Å². The lowest BCUT2D eigenvalue weighted by molar-refractivity contribution is -0.142. The molecule has 0 bridgehead atoms. The highest BCUT2D eigenvalue weighted by Crippen LogP contribution is 2.21. The minimum atomic E-state index is -0.608. The fourth-order valence-corrected chi connectivity index (χ4v) is 2.96. The van der Waals surface area contributed by atoms with Crippen molar-refractivity contribution in [3.05, 3.63) is 64.2 Å². The second kappa shape index (κ2) is 10.1. The molecule has 2 aromatic rings. The van der Waals surface area contributed by atoms with Crippen molar-refractivity contribution in [3.63, 3.8) is 0 Å². The first-order valence-corrected chi connectivity index (χ1v) is 9.71. The zero-order chi connectivity index (χ0) is 20.7. The van der Waals surface area contributed by atoms with Crippen LogP contribution in [0.2, 0.25) is 5.02 Å². The number of ether oxygens (including phenoxy) is 1. The van der Waals surface area contributed by atoms with Crippen molar-refractivity contribution < 1.29 is 14.3 Å². The third-order valence-electron chi connectivity index (χ3n) is 4.45. The van der Waals surface area contributed by atoms with Crippen molar-refractivity contribution in [2.45, 2.75) is 40.3 Å². The van der Waals surface area contributed by atoms with Gasteiger partial charge in [-0.3, -0.25) is 9.59 Å². The van der Waals surface area contributed by atoms with E-state index in [1.54, 1.807) is 30.0 Å². The van der Waals surface area contributed by atoms with Crippen molar-refractivity contribution >= 4 is 23.4 Å². The van der Waals surface area contributed by atoms with Crippen LogP contribution >= 0.6 is 11.6 Å². The Morgan fingerprint density at radius 1 is 1.18 bits per heavy atom. The van der Waals surface area contributed by atoms with Gasteiger partial charge in [-0.15, -0.1) is 0 Å². The summed E-state index contributed by atoms with van der Waals surface area (Å²) in [7, 11) is 0. The van der Waals surface area contributed by atoms with Crippen LogP contribution in [0.5, 0.6) is 5.75 Å². The maximum atomic E-state index is 12.9. The molecule has 0 aliphatic heterocycles. The van der Waals surface area contributed by atoms with E-state index in [1.165, 1.54) is 0 Å². The summed E-state index contributed by atoms with van der Waals surface area (Å²) in [5.74, 6) is 0.120. The lowest BCUT2D eigenvalue weighted by Crippen LogP contribution is -2.49. The van der Waals surface area contributed by atoms with Gasteiger partial charge in [-0.25, -0.2) is 0 Å². The maximum absolute atomic E-state index is 12.9. The van der Waals surface area contributed by atoms with Crippen LogP contribution in [0.1, 0.15) is 30.5 Å². The van der Waals surface area contributed by atoms with Gasteiger partial charge in [0, 0.05) is 18.1 Å². The molecule has 0 aromatic heterocycles. The monoisotopic (exact) mass is 402 g/mol. The van der Waals surface area contributed by atoms with Crippen LogP contribution in [0.25, 0.3) is 0 Å². The largest absolute Gasteiger partial charge is 0.484 e. The summed E-state index contributed by atoms with van der Waals surface area (Å²) in [6.07, 6.45) is 0. The zero-order valence-electron chi connectivity index (χ0n) is 16.8. The van der Waals surface area contributed by atoms with Crippen LogP contribution in [0.3, 0.4) is 0 Å². The first-order valence-electron chi connectivity index (χ1n) is 9.33. The van der Waals surface area contributed by atoms with Gasteiger partial charge in [0.2, 0.25) is 5.91 Å². The maximum Gasteiger partial charge on any atom is 0.261 e. The highest BCUT2D eigenvalue weighted by atomic mass is 35.5. The number of aryl methyl sites for hydroxylation is 2. The third-order valence-corrected chi connectivity index (χ3v) is 4.87. The summed E-state index contributed by atoms with van der Waals surface area (Å²) in [4.78, 5) is 26.8. The molecule has 0 unspecified atom stereocenters. The fourth-order valence-electron chi connectivity index (χ4n) is 2.85. The van der Waals surface area contributed by atoms with Crippen LogP contribution in [0.15, 0.2) is 42.5 Å². The lowest BCUT2D eigenvalue weighted by atomic mass is 10.1. The summed E-state index contributed by atoms with van der Waals surface area (Å²) in [6, 6.07) is 12.5. The van der Waals surface area contributed by atoms with Gasteiger partial charge in [0.15, 0.2) is 6.61 Å². The number of hydrogen-bond donors (Lipinski definition) is 1. The topological polar surface area (TPSA) is 58.6 Å². The molecule has 28 heavy (non-hydrogen) atoms. The number of benzene rings is 2. The molecule has 1 N–H and O–H groups in total.